The molecule has 3 aromatic rings. The van der Waals surface area contributed by atoms with Crippen LogP contribution in [-0.4, -0.2) is 10.8 Å². The van der Waals surface area contributed by atoms with Crippen LogP contribution in [0.4, 0.5) is 11.4 Å². The quantitative estimate of drug-likeness (QED) is 0.370. The summed E-state index contributed by atoms with van der Waals surface area (Å²) in [5.41, 5.74) is 0.624. The van der Waals surface area contributed by atoms with Crippen LogP contribution in [0.1, 0.15) is 21.9 Å². The Kier molecular flexibility index (Phi) is 6.01. The van der Waals surface area contributed by atoms with E-state index >= 15 is 0 Å². The van der Waals surface area contributed by atoms with Crippen molar-refractivity contribution in [2.24, 2.45) is 0 Å². The van der Waals surface area contributed by atoms with E-state index in [1.54, 1.807) is 37.3 Å². The molecule has 0 atom stereocenters. The van der Waals surface area contributed by atoms with Gasteiger partial charge in [0.1, 0.15) is 23.8 Å². The maximum Gasteiger partial charge on any atom is 0.293 e. The second-order valence-electron chi connectivity index (χ2n) is 5.86. The van der Waals surface area contributed by atoms with Crippen molar-refractivity contribution in [2.45, 2.75) is 13.5 Å². The Labute approximate surface area is 173 Å². The molecular weight excluding hydrogens is 452 g/mol. The average Bonchev–Trinajstić information content (AvgIpc) is 3.11. The highest BCUT2D eigenvalue weighted by atomic mass is 79.9. The van der Waals surface area contributed by atoms with E-state index in [0.717, 1.165) is 4.47 Å². The Morgan fingerprint density at radius 2 is 2.04 bits per heavy atom. The van der Waals surface area contributed by atoms with Gasteiger partial charge in [-0.25, -0.2) is 0 Å². The van der Waals surface area contributed by atoms with Gasteiger partial charge < -0.3 is 14.5 Å². The topological polar surface area (TPSA) is 94.6 Å². The van der Waals surface area contributed by atoms with Crippen LogP contribution in [-0.2, 0) is 6.61 Å². The van der Waals surface area contributed by atoms with E-state index in [1.165, 1.54) is 18.2 Å². The molecule has 0 unspecified atom stereocenters. The molecule has 9 heteroatoms. The Balaban J connectivity index is 1.68. The standard InChI is InChI=1S/C19H14BrClN2O5/c1-11-2-5-15(16(8-11)23(25)26)22-19(24)18-7-4-13(28-18)10-27-17-6-3-12(20)9-14(17)21/h2-9H,10H2,1H3,(H,22,24). The molecule has 1 aromatic heterocycles. The lowest BCUT2D eigenvalue weighted by Crippen LogP contribution is -2.12. The summed E-state index contributed by atoms with van der Waals surface area (Å²) in [7, 11) is 0. The largest absolute Gasteiger partial charge is 0.484 e. The van der Waals surface area contributed by atoms with E-state index < -0.39 is 10.8 Å². The van der Waals surface area contributed by atoms with Gasteiger partial charge in [-0.1, -0.05) is 33.6 Å². The predicted octanol–water partition coefficient (Wildman–Crippen LogP) is 5.74. The fourth-order valence-electron chi connectivity index (χ4n) is 2.40. The monoisotopic (exact) mass is 464 g/mol. The highest BCUT2D eigenvalue weighted by Gasteiger charge is 2.19. The summed E-state index contributed by atoms with van der Waals surface area (Å²) < 4.78 is 11.9. The molecule has 0 saturated heterocycles. The van der Waals surface area contributed by atoms with Gasteiger partial charge in [-0.05, 0) is 48.9 Å². The Bertz CT molecular complexity index is 1050. The Hall–Kier alpha value is -2.84. The zero-order valence-corrected chi connectivity index (χ0v) is 16.9. The van der Waals surface area contributed by atoms with E-state index in [0.29, 0.717) is 22.1 Å². The van der Waals surface area contributed by atoms with Gasteiger partial charge in [-0.3, -0.25) is 14.9 Å². The number of rotatable bonds is 6. The molecule has 28 heavy (non-hydrogen) atoms. The number of anilines is 1. The molecule has 0 fully saturated rings. The maximum atomic E-state index is 12.4. The van der Waals surface area contributed by atoms with E-state index in [-0.39, 0.29) is 23.7 Å². The summed E-state index contributed by atoms with van der Waals surface area (Å²) in [6, 6.07) is 12.8. The van der Waals surface area contributed by atoms with Crippen LogP contribution in [0.15, 0.2) is 57.4 Å². The van der Waals surface area contributed by atoms with Crippen molar-refractivity contribution in [1.29, 1.82) is 0 Å². The molecule has 1 heterocycles. The number of aryl methyl sites for hydroxylation is 1. The zero-order valence-electron chi connectivity index (χ0n) is 14.6. The van der Waals surface area contributed by atoms with Crippen LogP contribution < -0.4 is 10.1 Å². The van der Waals surface area contributed by atoms with Crippen molar-refractivity contribution in [2.75, 3.05) is 5.32 Å². The smallest absolute Gasteiger partial charge is 0.293 e. The lowest BCUT2D eigenvalue weighted by Gasteiger charge is -2.07. The third-order valence-corrected chi connectivity index (χ3v) is 4.54. The lowest BCUT2D eigenvalue weighted by atomic mass is 10.2. The molecule has 0 aliphatic rings. The minimum atomic E-state index is -0.597. The van der Waals surface area contributed by atoms with Crippen LogP contribution in [0.25, 0.3) is 0 Å². The number of nitro benzene ring substituents is 1. The molecule has 0 bridgehead atoms. The van der Waals surface area contributed by atoms with Gasteiger partial charge in [-0.2, -0.15) is 0 Å². The molecule has 7 nitrogen and oxygen atoms in total. The number of halogens is 2. The second-order valence-corrected chi connectivity index (χ2v) is 7.18. The van der Waals surface area contributed by atoms with Crippen LogP contribution in [0.3, 0.4) is 0 Å². The molecule has 0 spiro atoms. The number of ether oxygens (including phenoxy) is 1. The third kappa shape index (κ3) is 4.71. The van der Waals surface area contributed by atoms with E-state index in [9.17, 15) is 14.9 Å². The van der Waals surface area contributed by atoms with E-state index in [1.807, 2.05) is 0 Å². The van der Waals surface area contributed by atoms with Crippen molar-refractivity contribution in [3.8, 4) is 5.75 Å². The molecule has 144 valence electrons. The Morgan fingerprint density at radius 3 is 2.75 bits per heavy atom. The van der Waals surface area contributed by atoms with Crippen LogP contribution in [0.5, 0.6) is 5.75 Å². The normalized spacial score (nSPS) is 10.5. The minimum absolute atomic E-state index is 0.00961. The van der Waals surface area contributed by atoms with Crippen molar-refractivity contribution in [1.82, 2.24) is 0 Å². The van der Waals surface area contributed by atoms with Crippen LogP contribution in [0, 0.1) is 17.0 Å². The van der Waals surface area contributed by atoms with Gasteiger partial charge in [0.25, 0.3) is 11.6 Å². The average molecular weight is 466 g/mol. The number of furan rings is 1. The van der Waals surface area contributed by atoms with Crippen molar-refractivity contribution in [3.63, 3.8) is 0 Å². The lowest BCUT2D eigenvalue weighted by molar-refractivity contribution is -0.384. The number of amides is 1. The first-order chi connectivity index (χ1) is 13.3. The molecule has 0 aliphatic heterocycles. The van der Waals surface area contributed by atoms with Gasteiger partial charge >= 0.3 is 0 Å². The first kappa shape index (κ1) is 19.9. The molecule has 1 amide bonds. The number of hydrogen-bond acceptors (Lipinski definition) is 5. The van der Waals surface area contributed by atoms with E-state index in [4.69, 9.17) is 20.8 Å². The number of nitrogens with zero attached hydrogens (tertiary/aromatic N) is 1. The second kappa shape index (κ2) is 8.45. The summed E-state index contributed by atoms with van der Waals surface area (Å²) >= 11 is 9.40. The van der Waals surface area contributed by atoms with Gasteiger partial charge in [0.2, 0.25) is 0 Å². The van der Waals surface area contributed by atoms with Gasteiger partial charge in [0, 0.05) is 10.5 Å². The van der Waals surface area contributed by atoms with Gasteiger partial charge in [0.05, 0.1) is 9.95 Å². The molecule has 2 aromatic carbocycles. The molecule has 1 N–H and O–H groups in total. The first-order valence-electron chi connectivity index (χ1n) is 8.06. The highest BCUT2D eigenvalue weighted by molar-refractivity contribution is 9.10. The third-order valence-electron chi connectivity index (χ3n) is 3.75. The summed E-state index contributed by atoms with van der Waals surface area (Å²) in [5.74, 6) is 0.292. The fourth-order valence-corrected chi connectivity index (χ4v) is 3.13. The molecule has 0 radical (unpaired) electrons. The van der Waals surface area contributed by atoms with Crippen molar-refractivity contribution in [3.05, 3.63) is 85.2 Å². The van der Waals surface area contributed by atoms with Gasteiger partial charge in [0.15, 0.2) is 5.76 Å². The summed E-state index contributed by atoms with van der Waals surface area (Å²) in [6.45, 7) is 1.80. The fraction of sp³-hybridized carbons (Fsp3) is 0.105. The van der Waals surface area contributed by atoms with Gasteiger partial charge in [-0.15, -0.1) is 0 Å². The van der Waals surface area contributed by atoms with Crippen LogP contribution >= 0.6 is 27.5 Å². The van der Waals surface area contributed by atoms with Crippen molar-refractivity contribution >= 4 is 44.8 Å². The first-order valence-corrected chi connectivity index (χ1v) is 9.23. The zero-order chi connectivity index (χ0) is 20.3. The number of nitrogens with one attached hydrogen (secondary N) is 1. The number of nitro groups is 1. The molecule has 0 aliphatic carbocycles. The number of carbonyl (C=O) groups excluding carboxylic acids is 1. The summed E-state index contributed by atoms with van der Waals surface area (Å²) in [4.78, 5) is 23.0. The molecule has 3 rings (SSSR count). The van der Waals surface area contributed by atoms with Crippen LogP contribution in [0.2, 0.25) is 5.02 Å². The van der Waals surface area contributed by atoms with Crippen molar-refractivity contribution < 1.29 is 18.9 Å². The van der Waals surface area contributed by atoms with E-state index in [2.05, 4.69) is 21.2 Å². The number of carbonyl (C=O) groups is 1. The SMILES string of the molecule is Cc1ccc(NC(=O)c2ccc(COc3ccc(Br)cc3Cl)o2)c([N+](=O)[O-])c1. The molecular formula is C19H14BrClN2O5. The summed E-state index contributed by atoms with van der Waals surface area (Å²) in [6.07, 6.45) is 0. The predicted molar refractivity (Wildman–Crippen MR) is 108 cm³/mol. The highest BCUT2D eigenvalue weighted by Crippen LogP contribution is 2.29. The summed E-state index contributed by atoms with van der Waals surface area (Å²) in [5, 5.41) is 14.1. The molecule has 0 saturated carbocycles. The Morgan fingerprint density at radius 1 is 1.25 bits per heavy atom. The number of benzene rings is 2. The maximum absolute atomic E-state index is 12.4. The number of hydrogen-bond donors (Lipinski definition) is 1. The minimum Gasteiger partial charge on any atom is -0.484 e.